The standard InChI is InChI=1S/C22H24BN5O3/c1-27(2)9-4-10-30-17-12-24-20(25-13-17)16-6-3-5-15(11-16)14-28-21-18(31-22(28)29)7-8-19(23)26-21/h3,5-8,11-13H,4,9-10,14,23H2,1-2H3. The van der Waals surface area contributed by atoms with Gasteiger partial charge in [-0.3, -0.25) is 4.57 Å². The number of aromatic nitrogens is 4. The van der Waals surface area contributed by atoms with E-state index >= 15 is 0 Å². The molecule has 3 aromatic heterocycles. The largest absolute Gasteiger partial charge is 0.490 e. The van der Waals surface area contributed by atoms with Crippen molar-refractivity contribution in [2.24, 2.45) is 0 Å². The van der Waals surface area contributed by atoms with Gasteiger partial charge in [-0.05, 0) is 49.9 Å². The van der Waals surface area contributed by atoms with Crippen molar-refractivity contribution in [2.45, 2.75) is 13.0 Å². The van der Waals surface area contributed by atoms with Crippen molar-refractivity contribution in [3.05, 3.63) is 64.9 Å². The predicted molar refractivity (Wildman–Crippen MR) is 122 cm³/mol. The highest BCUT2D eigenvalue weighted by atomic mass is 16.5. The van der Waals surface area contributed by atoms with Crippen LogP contribution in [0.4, 0.5) is 0 Å². The lowest BCUT2D eigenvalue weighted by molar-refractivity contribution is 0.280. The maximum Gasteiger partial charge on any atom is 0.421 e. The maximum atomic E-state index is 12.3. The first-order valence-electron chi connectivity index (χ1n) is 10.2. The van der Waals surface area contributed by atoms with Crippen LogP contribution in [0.5, 0.6) is 5.75 Å². The molecule has 0 aliphatic carbocycles. The first-order chi connectivity index (χ1) is 15.0. The lowest BCUT2D eigenvalue weighted by Crippen LogP contribution is -2.17. The van der Waals surface area contributed by atoms with Gasteiger partial charge in [-0.15, -0.1) is 0 Å². The van der Waals surface area contributed by atoms with Crippen molar-refractivity contribution in [3.63, 3.8) is 0 Å². The second-order valence-electron chi connectivity index (χ2n) is 7.68. The van der Waals surface area contributed by atoms with Gasteiger partial charge in [-0.2, -0.15) is 0 Å². The van der Waals surface area contributed by atoms with Crippen LogP contribution in [0.25, 0.3) is 22.6 Å². The molecule has 8 nitrogen and oxygen atoms in total. The maximum absolute atomic E-state index is 12.3. The average Bonchev–Trinajstić information content (AvgIpc) is 3.06. The lowest BCUT2D eigenvalue weighted by Gasteiger charge is -2.10. The molecule has 158 valence electrons. The van der Waals surface area contributed by atoms with Crippen molar-refractivity contribution in [2.75, 3.05) is 27.2 Å². The van der Waals surface area contributed by atoms with Gasteiger partial charge < -0.3 is 14.1 Å². The summed E-state index contributed by atoms with van der Waals surface area (Å²) in [4.78, 5) is 27.7. The molecule has 4 aromatic rings. The van der Waals surface area contributed by atoms with Crippen LogP contribution in [0.15, 0.2) is 58.0 Å². The Hall–Kier alpha value is -3.46. The van der Waals surface area contributed by atoms with E-state index in [2.05, 4.69) is 19.9 Å². The van der Waals surface area contributed by atoms with Gasteiger partial charge in [0.15, 0.2) is 30.7 Å². The third-order valence-corrected chi connectivity index (χ3v) is 4.82. The molecule has 0 bridgehead atoms. The van der Waals surface area contributed by atoms with Gasteiger partial charge in [0.05, 0.1) is 25.5 Å². The Balaban J connectivity index is 1.50. The number of hydrogen-bond acceptors (Lipinski definition) is 7. The number of rotatable bonds is 8. The number of fused-ring (bicyclic) bond motifs is 1. The van der Waals surface area contributed by atoms with Gasteiger partial charge in [0.1, 0.15) is 0 Å². The number of nitrogens with zero attached hydrogens (tertiary/aromatic N) is 5. The molecule has 4 rings (SSSR count). The number of ether oxygens (including phenoxy) is 1. The van der Waals surface area contributed by atoms with Crippen molar-refractivity contribution in [1.82, 2.24) is 24.4 Å². The van der Waals surface area contributed by atoms with Crippen LogP contribution in [-0.2, 0) is 6.54 Å². The normalized spacial score (nSPS) is 11.3. The lowest BCUT2D eigenvalue weighted by atomic mass is 10.0. The Bertz CT molecular complexity index is 1230. The highest BCUT2D eigenvalue weighted by Crippen LogP contribution is 2.19. The van der Waals surface area contributed by atoms with Gasteiger partial charge >= 0.3 is 5.76 Å². The molecule has 0 saturated heterocycles. The van der Waals surface area contributed by atoms with Crippen LogP contribution in [0.2, 0.25) is 0 Å². The van der Waals surface area contributed by atoms with E-state index in [4.69, 9.17) is 9.15 Å². The summed E-state index contributed by atoms with van der Waals surface area (Å²) in [5, 5.41) is 0. The summed E-state index contributed by atoms with van der Waals surface area (Å²) < 4.78 is 12.5. The second-order valence-corrected chi connectivity index (χ2v) is 7.68. The molecule has 31 heavy (non-hydrogen) atoms. The molecule has 0 radical (unpaired) electrons. The number of pyridine rings is 1. The van der Waals surface area contributed by atoms with E-state index in [9.17, 15) is 4.79 Å². The van der Waals surface area contributed by atoms with Gasteiger partial charge in [-0.25, -0.2) is 19.7 Å². The van der Waals surface area contributed by atoms with Crippen molar-refractivity contribution in [3.8, 4) is 17.1 Å². The molecule has 0 aliphatic heterocycles. The molecular formula is C22H24BN5O3. The summed E-state index contributed by atoms with van der Waals surface area (Å²) >= 11 is 0. The van der Waals surface area contributed by atoms with Crippen LogP contribution >= 0.6 is 0 Å². The Kier molecular flexibility index (Phi) is 6.13. The molecule has 1 aromatic carbocycles. The molecule has 0 saturated carbocycles. The first kappa shape index (κ1) is 20.8. The van der Waals surface area contributed by atoms with Crippen molar-refractivity contribution < 1.29 is 9.15 Å². The van der Waals surface area contributed by atoms with E-state index in [0.29, 0.717) is 36.0 Å². The van der Waals surface area contributed by atoms with Crippen LogP contribution in [0, 0.1) is 0 Å². The van der Waals surface area contributed by atoms with Crippen molar-refractivity contribution >= 4 is 24.7 Å². The number of oxazole rings is 1. The van der Waals surface area contributed by atoms with E-state index in [1.807, 2.05) is 52.3 Å². The quantitative estimate of drug-likeness (QED) is 0.313. The fourth-order valence-corrected chi connectivity index (χ4v) is 3.28. The number of hydrogen-bond donors (Lipinski definition) is 0. The Morgan fingerprint density at radius 3 is 2.74 bits per heavy atom. The fraction of sp³-hybridized carbons (Fsp3) is 0.273. The zero-order valence-electron chi connectivity index (χ0n) is 17.9. The van der Waals surface area contributed by atoms with Gasteiger partial charge in [0.25, 0.3) is 0 Å². The molecule has 0 spiro atoms. The minimum absolute atomic E-state index is 0.350. The van der Waals surface area contributed by atoms with Gasteiger partial charge in [-0.1, -0.05) is 18.2 Å². The van der Waals surface area contributed by atoms with Gasteiger partial charge in [0, 0.05) is 12.1 Å². The highest BCUT2D eigenvalue weighted by molar-refractivity contribution is 6.30. The smallest absolute Gasteiger partial charge is 0.421 e. The Morgan fingerprint density at radius 2 is 1.97 bits per heavy atom. The Morgan fingerprint density at radius 1 is 1.16 bits per heavy atom. The van der Waals surface area contributed by atoms with E-state index in [-0.39, 0.29) is 0 Å². The van der Waals surface area contributed by atoms with Crippen LogP contribution in [0.1, 0.15) is 12.0 Å². The summed E-state index contributed by atoms with van der Waals surface area (Å²) in [7, 11) is 5.96. The van der Waals surface area contributed by atoms with E-state index in [1.165, 1.54) is 4.57 Å². The van der Waals surface area contributed by atoms with E-state index < -0.39 is 5.76 Å². The molecule has 0 atom stereocenters. The molecule has 9 heteroatoms. The Labute approximate surface area is 180 Å². The molecule has 0 amide bonds. The summed E-state index contributed by atoms with van der Waals surface area (Å²) in [6.45, 7) is 1.94. The summed E-state index contributed by atoms with van der Waals surface area (Å²) in [6.07, 6.45) is 4.31. The third-order valence-electron chi connectivity index (χ3n) is 4.82. The van der Waals surface area contributed by atoms with E-state index in [0.717, 1.165) is 29.7 Å². The fourth-order valence-electron chi connectivity index (χ4n) is 3.28. The number of benzene rings is 1. The summed E-state index contributed by atoms with van der Waals surface area (Å²) in [5.41, 5.74) is 3.65. The zero-order chi connectivity index (χ0) is 21.8. The molecule has 0 aliphatic rings. The SMILES string of the molecule is Bc1ccc2oc(=O)n(Cc3cccc(-c4ncc(OCCCN(C)C)cn4)c3)c2n1. The monoisotopic (exact) mass is 417 g/mol. The highest BCUT2D eigenvalue weighted by Gasteiger charge is 2.12. The van der Waals surface area contributed by atoms with Gasteiger partial charge in [0.2, 0.25) is 0 Å². The van der Waals surface area contributed by atoms with Crippen LogP contribution < -0.4 is 16.1 Å². The minimum Gasteiger partial charge on any atom is -0.490 e. The third kappa shape index (κ3) is 5.00. The molecule has 3 heterocycles. The van der Waals surface area contributed by atoms with Crippen molar-refractivity contribution in [1.29, 1.82) is 0 Å². The molecule has 0 fully saturated rings. The molecule has 0 N–H and O–H groups in total. The first-order valence-corrected chi connectivity index (χ1v) is 10.2. The topological polar surface area (TPSA) is 86.3 Å². The molecule has 0 unspecified atom stereocenters. The average molecular weight is 417 g/mol. The summed E-state index contributed by atoms with van der Waals surface area (Å²) in [5.74, 6) is 0.822. The predicted octanol–water partition coefficient (Wildman–Crippen LogP) is 1.08. The second kappa shape index (κ2) is 9.14. The summed E-state index contributed by atoms with van der Waals surface area (Å²) in [6, 6.07) is 11.4. The zero-order valence-corrected chi connectivity index (χ0v) is 17.9. The minimum atomic E-state index is -0.425. The van der Waals surface area contributed by atoms with Crippen LogP contribution in [-0.4, -0.2) is 59.5 Å². The molecular weight excluding hydrogens is 393 g/mol. The van der Waals surface area contributed by atoms with Crippen LogP contribution in [0.3, 0.4) is 0 Å². The van der Waals surface area contributed by atoms with E-state index in [1.54, 1.807) is 18.5 Å².